The zero-order valence-electron chi connectivity index (χ0n) is 24.0. The third-order valence-corrected chi connectivity index (χ3v) is 7.01. The van der Waals surface area contributed by atoms with Crippen molar-refractivity contribution in [2.75, 3.05) is 14.2 Å². The van der Waals surface area contributed by atoms with E-state index in [0.717, 1.165) is 11.3 Å². The lowest BCUT2D eigenvalue weighted by atomic mass is 9.97. The Balaban J connectivity index is 1.45. The SMILES string of the molecule is COc1cc2nccc(Oc3ccc(CC(=O)c4cn(C(C)C)c(C)c(-c5ccccc5)c4=O)cc3F)c2nc1OC. The van der Waals surface area contributed by atoms with E-state index in [-0.39, 0.29) is 40.8 Å². The van der Waals surface area contributed by atoms with Gasteiger partial charge in [-0.15, -0.1) is 0 Å². The van der Waals surface area contributed by atoms with Crippen LogP contribution in [0.25, 0.3) is 22.2 Å². The number of hydrogen-bond donors (Lipinski definition) is 0. The molecule has 0 bridgehead atoms. The molecule has 5 aromatic rings. The average molecular weight is 568 g/mol. The molecule has 3 heterocycles. The third kappa shape index (κ3) is 5.45. The summed E-state index contributed by atoms with van der Waals surface area (Å²) in [5.74, 6) is -0.214. The minimum atomic E-state index is -0.667. The van der Waals surface area contributed by atoms with E-state index in [0.29, 0.717) is 27.9 Å². The Kier molecular flexibility index (Phi) is 8.01. The Hall–Kier alpha value is -5.05. The van der Waals surface area contributed by atoms with Crippen molar-refractivity contribution >= 4 is 16.8 Å². The Morgan fingerprint density at radius 2 is 1.74 bits per heavy atom. The van der Waals surface area contributed by atoms with Gasteiger partial charge in [0.1, 0.15) is 5.52 Å². The van der Waals surface area contributed by atoms with Gasteiger partial charge in [0.25, 0.3) is 5.88 Å². The Morgan fingerprint density at radius 1 is 0.976 bits per heavy atom. The second-order valence-corrected chi connectivity index (χ2v) is 10.0. The molecular weight excluding hydrogens is 537 g/mol. The second-order valence-electron chi connectivity index (χ2n) is 10.0. The van der Waals surface area contributed by atoms with Crippen LogP contribution in [0.1, 0.15) is 41.5 Å². The smallest absolute Gasteiger partial charge is 0.257 e. The van der Waals surface area contributed by atoms with Gasteiger partial charge in [0.2, 0.25) is 0 Å². The van der Waals surface area contributed by atoms with Crippen molar-refractivity contribution in [3.8, 4) is 34.3 Å². The molecule has 9 heteroatoms. The lowest BCUT2D eigenvalue weighted by molar-refractivity contribution is 0.0991. The van der Waals surface area contributed by atoms with Crippen LogP contribution in [0.15, 0.2) is 77.9 Å². The van der Waals surface area contributed by atoms with E-state index in [1.54, 1.807) is 24.4 Å². The van der Waals surface area contributed by atoms with Crippen LogP contribution in [-0.2, 0) is 6.42 Å². The third-order valence-electron chi connectivity index (χ3n) is 7.01. The molecule has 0 saturated carbocycles. The van der Waals surface area contributed by atoms with E-state index < -0.39 is 11.6 Å². The number of halogens is 1. The summed E-state index contributed by atoms with van der Waals surface area (Å²) < 4.78 is 33.6. The summed E-state index contributed by atoms with van der Waals surface area (Å²) >= 11 is 0. The molecule has 0 atom stereocenters. The number of aromatic nitrogens is 3. The molecule has 0 spiro atoms. The normalized spacial score (nSPS) is 11.1. The van der Waals surface area contributed by atoms with Gasteiger partial charge in [-0.05, 0) is 44.0 Å². The first-order valence-corrected chi connectivity index (χ1v) is 13.4. The monoisotopic (exact) mass is 567 g/mol. The van der Waals surface area contributed by atoms with E-state index in [2.05, 4.69) is 9.97 Å². The molecule has 0 aliphatic carbocycles. The largest absolute Gasteiger partial charge is 0.491 e. The summed E-state index contributed by atoms with van der Waals surface area (Å²) in [4.78, 5) is 35.7. The van der Waals surface area contributed by atoms with Crippen molar-refractivity contribution in [3.63, 3.8) is 0 Å². The molecule has 8 nitrogen and oxygen atoms in total. The first kappa shape index (κ1) is 28.5. The fourth-order valence-electron chi connectivity index (χ4n) is 4.93. The predicted molar refractivity (Wildman–Crippen MR) is 158 cm³/mol. The lowest BCUT2D eigenvalue weighted by Crippen LogP contribution is -2.24. The molecule has 0 N–H and O–H groups in total. The molecule has 3 aromatic heterocycles. The molecule has 0 aliphatic heterocycles. The van der Waals surface area contributed by atoms with Crippen molar-refractivity contribution < 1.29 is 23.4 Å². The van der Waals surface area contributed by atoms with Crippen LogP contribution in [0.2, 0.25) is 0 Å². The number of fused-ring (bicyclic) bond motifs is 1. The summed E-state index contributed by atoms with van der Waals surface area (Å²) in [6.45, 7) is 5.85. The summed E-state index contributed by atoms with van der Waals surface area (Å²) in [5, 5.41) is 0. The predicted octanol–water partition coefficient (Wildman–Crippen LogP) is 6.72. The van der Waals surface area contributed by atoms with Gasteiger partial charge >= 0.3 is 0 Å². The van der Waals surface area contributed by atoms with Crippen LogP contribution in [0.4, 0.5) is 4.39 Å². The zero-order valence-corrected chi connectivity index (χ0v) is 24.0. The number of carbonyl (C=O) groups excluding carboxylic acids is 1. The first-order valence-electron chi connectivity index (χ1n) is 13.4. The minimum absolute atomic E-state index is 0.0216. The van der Waals surface area contributed by atoms with E-state index in [1.165, 1.54) is 32.5 Å². The highest BCUT2D eigenvalue weighted by Gasteiger charge is 2.21. The van der Waals surface area contributed by atoms with Crippen LogP contribution in [-0.4, -0.2) is 34.5 Å². The highest BCUT2D eigenvalue weighted by Crippen LogP contribution is 2.35. The molecule has 0 unspecified atom stereocenters. The number of methoxy groups -OCH3 is 2. The fourth-order valence-corrected chi connectivity index (χ4v) is 4.93. The highest BCUT2D eigenvalue weighted by molar-refractivity contribution is 5.98. The number of carbonyl (C=O) groups is 1. The van der Waals surface area contributed by atoms with Crippen molar-refractivity contribution in [1.82, 2.24) is 14.5 Å². The van der Waals surface area contributed by atoms with Crippen LogP contribution >= 0.6 is 0 Å². The van der Waals surface area contributed by atoms with Gasteiger partial charge in [-0.2, -0.15) is 0 Å². The second kappa shape index (κ2) is 11.8. The van der Waals surface area contributed by atoms with Crippen LogP contribution < -0.4 is 19.6 Å². The number of pyridine rings is 3. The summed E-state index contributed by atoms with van der Waals surface area (Å²) in [5.41, 5.74) is 2.98. The van der Waals surface area contributed by atoms with Gasteiger partial charge in [0, 0.05) is 48.2 Å². The number of hydrogen-bond acceptors (Lipinski definition) is 7. The number of ketones is 1. The van der Waals surface area contributed by atoms with Crippen LogP contribution in [0, 0.1) is 12.7 Å². The van der Waals surface area contributed by atoms with Gasteiger partial charge in [0.05, 0.1) is 25.3 Å². The van der Waals surface area contributed by atoms with Gasteiger partial charge in [-0.3, -0.25) is 14.6 Å². The molecule has 0 radical (unpaired) electrons. The fraction of sp³-hybridized carbons (Fsp3) is 0.212. The highest BCUT2D eigenvalue weighted by atomic mass is 19.1. The average Bonchev–Trinajstić information content (AvgIpc) is 2.98. The number of nitrogens with zero attached hydrogens (tertiary/aromatic N) is 3. The Morgan fingerprint density at radius 3 is 2.40 bits per heavy atom. The van der Waals surface area contributed by atoms with Crippen molar-refractivity contribution in [2.45, 2.75) is 33.2 Å². The molecule has 0 saturated heterocycles. The molecule has 214 valence electrons. The maximum Gasteiger partial charge on any atom is 0.257 e. The number of rotatable bonds is 9. The van der Waals surface area contributed by atoms with Gasteiger partial charge < -0.3 is 18.8 Å². The van der Waals surface area contributed by atoms with E-state index in [1.807, 2.05) is 55.7 Å². The van der Waals surface area contributed by atoms with Crippen molar-refractivity contribution in [1.29, 1.82) is 0 Å². The minimum Gasteiger partial charge on any atom is -0.491 e. The molecule has 0 fully saturated rings. The van der Waals surface area contributed by atoms with Crippen LogP contribution in [0.5, 0.6) is 23.1 Å². The van der Waals surface area contributed by atoms with Gasteiger partial charge in [-0.1, -0.05) is 36.4 Å². The van der Waals surface area contributed by atoms with E-state index in [4.69, 9.17) is 14.2 Å². The van der Waals surface area contributed by atoms with Crippen LogP contribution in [0.3, 0.4) is 0 Å². The molecule has 2 aromatic carbocycles. The van der Waals surface area contributed by atoms with E-state index in [9.17, 15) is 9.59 Å². The molecular formula is C33H30FN3O5. The quantitative estimate of drug-likeness (QED) is 0.183. The number of Topliss-reactive ketones (excluding diaryl/α,β-unsaturated/α-hetero) is 1. The van der Waals surface area contributed by atoms with E-state index >= 15 is 4.39 Å². The summed E-state index contributed by atoms with van der Waals surface area (Å²) in [6.07, 6.45) is 2.97. The molecule has 0 amide bonds. The lowest BCUT2D eigenvalue weighted by Gasteiger charge is -2.20. The Bertz CT molecular complexity index is 1850. The maximum atomic E-state index is 15.3. The first-order chi connectivity index (χ1) is 20.2. The maximum absolute atomic E-state index is 15.3. The Labute approximate surface area is 242 Å². The van der Waals surface area contributed by atoms with Crippen molar-refractivity contribution in [3.05, 3.63) is 106 Å². The van der Waals surface area contributed by atoms with Gasteiger partial charge in [-0.25, -0.2) is 9.37 Å². The molecule has 0 aliphatic rings. The topological polar surface area (TPSA) is 92.5 Å². The van der Waals surface area contributed by atoms with Crippen molar-refractivity contribution in [2.24, 2.45) is 0 Å². The summed E-state index contributed by atoms with van der Waals surface area (Å²) in [6, 6.07) is 16.8. The number of benzene rings is 2. The number of ether oxygens (including phenoxy) is 3. The zero-order chi connectivity index (χ0) is 30.0. The standard InChI is InChI=1S/C33H30FN3O5/c1-19(2)37-18-23(32(39)30(20(37)3)22-9-7-6-8-10-22)26(38)16-21-11-12-27(24(34)15-21)42-28-13-14-35-25-17-29(40-4)33(41-5)36-31(25)28/h6-15,17-19H,16H2,1-5H3. The molecule has 42 heavy (non-hydrogen) atoms. The molecule has 5 rings (SSSR count). The van der Waals surface area contributed by atoms with Gasteiger partial charge in [0.15, 0.2) is 34.3 Å². The summed E-state index contributed by atoms with van der Waals surface area (Å²) in [7, 11) is 2.96.